The Balaban J connectivity index is 1.97. The lowest BCUT2D eigenvalue weighted by Gasteiger charge is -2.26. The fourth-order valence-corrected chi connectivity index (χ4v) is 3.48. The minimum atomic E-state index is -1.27. The zero-order valence-electron chi connectivity index (χ0n) is 13.8. The Morgan fingerprint density at radius 3 is 2.08 bits per heavy atom. The van der Waals surface area contributed by atoms with E-state index in [2.05, 4.69) is 6.92 Å². The molecule has 1 aliphatic rings. The van der Waals surface area contributed by atoms with Crippen LogP contribution in [0.3, 0.4) is 0 Å². The highest BCUT2D eigenvalue weighted by atomic mass is 19.2. The van der Waals surface area contributed by atoms with Gasteiger partial charge in [-0.3, -0.25) is 0 Å². The van der Waals surface area contributed by atoms with E-state index in [1.807, 2.05) is 0 Å². The van der Waals surface area contributed by atoms with Crippen molar-refractivity contribution < 1.29 is 17.6 Å². The van der Waals surface area contributed by atoms with Gasteiger partial charge in [-0.25, -0.2) is 17.6 Å². The Labute approximate surface area is 139 Å². The maximum atomic E-state index is 14.5. The van der Waals surface area contributed by atoms with E-state index in [0.717, 1.165) is 44.2 Å². The van der Waals surface area contributed by atoms with Gasteiger partial charge in [0.2, 0.25) is 0 Å². The van der Waals surface area contributed by atoms with Crippen molar-refractivity contribution in [3.63, 3.8) is 0 Å². The molecule has 24 heavy (non-hydrogen) atoms. The number of rotatable bonds is 2. The zero-order chi connectivity index (χ0) is 17.4. The lowest BCUT2D eigenvalue weighted by molar-refractivity contribution is 0.347. The molecule has 0 nitrogen and oxygen atoms in total. The van der Waals surface area contributed by atoms with E-state index in [9.17, 15) is 17.6 Å². The molecule has 2 aromatic carbocycles. The Bertz CT molecular complexity index is 759. The maximum absolute atomic E-state index is 14.5. The van der Waals surface area contributed by atoms with E-state index in [1.54, 1.807) is 6.07 Å². The summed E-state index contributed by atoms with van der Waals surface area (Å²) in [6.45, 7) is 3.37. The van der Waals surface area contributed by atoms with Gasteiger partial charge in [0.1, 0.15) is 11.6 Å². The van der Waals surface area contributed by atoms with Gasteiger partial charge >= 0.3 is 0 Å². The SMILES string of the molecule is Cc1c(F)cc(-c2ccc([C@H]3CC[C@H](C)CC3)cc2F)c(F)c1F. The van der Waals surface area contributed by atoms with Gasteiger partial charge in [-0.2, -0.15) is 0 Å². The molecule has 4 heteroatoms. The van der Waals surface area contributed by atoms with Crippen molar-refractivity contribution in [3.05, 3.63) is 58.7 Å². The summed E-state index contributed by atoms with van der Waals surface area (Å²) >= 11 is 0. The van der Waals surface area contributed by atoms with Crippen LogP contribution in [0, 0.1) is 36.1 Å². The van der Waals surface area contributed by atoms with E-state index < -0.39 is 28.8 Å². The molecule has 0 N–H and O–H groups in total. The highest BCUT2D eigenvalue weighted by Gasteiger charge is 2.23. The number of hydrogen-bond donors (Lipinski definition) is 0. The molecule has 0 atom stereocenters. The average Bonchev–Trinajstić information content (AvgIpc) is 2.57. The van der Waals surface area contributed by atoms with Gasteiger partial charge in [0.15, 0.2) is 11.6 Å². The molecule has 0 bridgehead atoms. The molecule has 0 unspecified atom stereocenters. The molecule has 0 radical (unpaired) electrons. The largest absolute Gasteiger partial charge is 0.207 e. The second kappa shape index (κ2) is 6.58. The van der Waals surface area contributed by atoms with Crippen LogP contribution >= 0.6 is 0 Å². The van der Waals surface area contributed by atoms with Gasteiger partial charge in [0, 0.05) is 16.7 Å². The van der Waals surface area contributed by atoms with Crippen LogP contribution in [0.5, 0.6) is 0 Å². The normalized spacial score (nSPS) is 21.1. The average molecular weight is 336 g/mol. The van der Waals surface area contributed by atoms with E-state index in [1.165, 1.54) is 12.1 Å². The topological polar surface area (TPSA) is 0 Å². The molecule has 128 valence electrons. The zero-order valence-corrected chi connectivity index (χ0v) is 13.8. The first-order chi connectivity index (χ1) is 11.4. The van der Waals surface area contributed by atoms with Gasteiger partial charge in [-0.05, 0) is 49.3 Å². The van der Waals surface area contributed by atoms with Crippen LogP contribution in [0.15, 0.2) is 24.3 Å². The highest BCUT2D eigenvalue weighted by molar-refractivity contribution is 5.66. The van der Waals surface area contributed by atoms with Crippen molar-refractivity contribution in [1.29, 1.82) is 0 Å². The first-order valence-corrected chi connectivity index (χ1v) is 8.32. The third-order valence-electron chi connectivity index (χ3n) is 5.16. The quantitative estimate of drug-likeness (QED) is 0.433. The highest BCUT2D eigenvalue weighted by Crippen LogP contribution is 2.37. The molecule has 0 amide bonds. The van der Waals surface area contributed by atoms with Gasteiger partial charge in [0.25, 0.3) is 0 Å². The van der Waals surface area contributed by atoms with E-state index in [4.69, 9.17) is 0 Å². The van der Waals surface area contributed by atoms with Crippen LogP contribution in [-0.2, 0) is 0 Å². The molecule has 0 heterocycles. The Morgan fingerprint density at radius 1 is 0.792 bits per heavy atom. The minimum Gasteiger partial charge on any atom is -0.207 e. The molecular formula is C20H20F4. The Kier molecular flexibility index (Phi) is 4.66. The molecular weight excluding hydrogens is 316 g/mol. The van der Waals surface area contributed by atoms with Crippen molar-refractivity contribution in [1.82, 2.24) is 0 Å². The van der Waals surface area contributed by atoms with Gasteiger partial charge in [-0.15, -0.1) is 0 Å². The van der Waals surface area contributed by atoms with Crippen molar-refractivity contribution in [2.24, 2.45) is 5.92 Å². The third-order valence-corrected chi connectivity index (χ3v) is 5.16. The lowest BCUT2D eigenvalue weighted by atomic mass is 9.79. The van der Waals surface area contributed by atoms with Gasteiger partial charge < -0.3 is 0 Å². The Hall–Kier alpha value is -1.84. The van der Waals surface area contributed by atoms with E-state index >= 15 is 0 Å². The summed E-state index contributed by atoms with van der Waals surface area (Å²) in [7, 11) is 0. The van der Waals surface area contributed by atoms with E-state index in [0.29, 0.717) is 11.8 Å². The summed E-state index contributed by atoms with van der Waals surface area (Å²) in [4.78, 5) is 0. The Morgan fingerprint density at radius 2 is 1.46 bits per heavy atom. The van der Waals surface area contributed by atoms with Crippen molar-refractivity contribution in [2.75, 3.05) is 0 Å². The first kappa shape index (κ1) is 17.0. The molecule has 0 aromatic heterocycles. The molecule has 0 aliphatic heterocycles. The van der Waals surface area contributed by atoms with Gasteiger partial charge in [-0.1, -0.05) is 31.9 Å². The smallest absolute Gasteiger partial charge is 0.167 e. The molecule has 0 spiro atoms. The summed E-state index contributed by atoms with van der Waals surface area (Å²) in [5, 5.41) is 0. The second-order valence-electron chi connectivity index (χ2n) is 6.85. The second-order valence-corrected chi connectivity index (χ2v) is 6.85. The van der Waals surface area contributed by atoms with Crippen molar-refractivity contribution in [2.45, 2.75) is 45.4 Å². The molecule has 1 fully saturated rings. The van der Waals surface area contributed by atoms with Crippen molar-refractivity contribution in [3.8, 4) is 11.1 Å². The van der Waals surface area contributed by atoms with Crippen LogP contribution in [0.4, 0.5) is 17.6 Å². The van der Waals surface area contributed by atoms with Crippen LogP contribution in [0.2, 0.25) is 0 Å². The molecule has 3 rings (SSSR count). The van der Waals surface area contributed by atoms with Crippen LogP contribution in [0.1, 0.15) is 49.7 Å². The molecule has 1 aliphatic carbocycles. The summed E-state index contributed by atoms with van der Waals surface area (Å²) in [5.74, 6) is -3.03. The predicted octanol–water partition coefficient (Wildman–Crippen LogP) is 6.51. The standard InChI is InChI=1S/C20H20F4/c1-11-3-5-13(6-4-11)14-7-8-15(18(22)9-14)16-10-17(21)12(2)19(23)20(16)24/h7-11,13H,3-6H2,1-2H3/t11-,13-. The number of hydrogen-bond acceptors (Lipinski definition) is 0. The summed E-state index contributed by atoms with van der Waals surface area (Å²) in [5.41, 5.74) is -0.0173. The monoisotopic (exact) mass is 336 g/mol. The lowest BCUT2D eigenvalue weighted by Crippen LogP contribution is -2.11. The molecule has 2 aromatic rings. The van der Waals surface area contributed by atoms with Crippen LogP contribution in [0.25, 0.3) is 11.1 Å². The van der Waals surface area contributed by atoms with Crippen LogP contribution in [-0.4, -0.2) is 0 Å². The van der Waals surface area contributed by atoms with Gasteiger partial charge in [0.05, 0.1) is 0 Å². The minimum absolute atomic E-state index is 0.113. The number of halogens is 4. The van der Waals surface area contributed by atoms with Crippen molar-refractivity contribution >= 4 is 0 Å². The summed E-state index contributed by atoms with van der Waals surface area (Å²) in [6, 6.07) is 5.41. The fourth-order valence-electron chi connectivity index (χ4n) is 3.48. The fraction of sp³-hybridized carbons (Fsp3) is 0.400. The number of benzene rings is 2. The first-order valence-electron chi connectivity index (χ1n) is 8.32. The predicted molar refractivity (Wildman–Crippen MR) is 86.8 cm³/mol. The third kappa shape index (κ3) is 3.06. The summed E-state index contributed by atoms with van der Waals surface area (Å²) in [6.07, 6.45) is 4.22. The van der Waals surface area contributed by atoms with E-state index in [-0.39, 0.29) is 11.1 Å². The summed E-state index contributed by atoms with van der Waals surface area (Å²) < 4.78 is 56.1. The maximum Gasteiger partial charge on any atom is 0.167 e. The molecule has 0 saturated heterocycles. The van der Waals surface area contributed by atoms with Crippen LogP contribution < -0.4 is 0 Å². The molecule has 1 saturated carbocycles.